The molecule has 5 heteroatoms. The van der Waals surface area contributed by atoms with E-state index in [1.165, 1.54) is 65.3 Å². The van der Waals surface area contributed by atoms with E-state index in [1.54, 1.807) is 0 Å². The van der Waals surface area contributed by atoms with Crippen LogP contribution in [-0.4, -0.2) is 23.5 Å². The fourth-order valence-electron chi connectivity index (χ4n) is 11.2. The average molecular weight is 826 g/mol. The summed E-state index contributed by atoms with van der Waals surface area (Å²) < 4.78 is 7.35. The molecule has 0 aliphatic carbocycles. The maximum absolute atomic E-state index is 5.75. The molecule has 0 fully saturated rings. The van der Waals surface area contributed by atoms with Crippen LogP contribution in [0.3, 0.4) is 0 Å². The minimum absolute atomic E-state index is 0.632. The molecule has 0 N–H and O–H groups in total. The van der Waals surface area contributed by atoms with Crippen molar-refractivity contribution in [1.82, 2.24) is 23.5 Å². The van der Waals surface area contributed by atoms with E-state index in [-0.39, 0.29) is 0 Å². The molecular weight excluding hydrogens is 791 g/mol. The maximum atomic E-state index is 5.75. The van der Waals surface area contributed by atoms with Gasteiger partial charge in [0.1, 0.15) is 0 Å². The topological polar surface area (TPSA) is 40.0 Å². The van der Waals surface area contributed by atoms with Gasteiger partial charge in [-0.25, -0.2) is 9.97 Å². The second kappa shape index (κ2) is 12.9. The van der Waals surface area contributed by atoms with Gasteiger partial charge in [0.15, 0.2) is 0 Å². The first-order valence-corrected chi connectivity index (χ1v) is 22.3. The molecule has 0 bridgehead atoms. The average Bonchev–Trinajstić information content (AvgIpc) is 4.00. The predicted octanol–water partition coefficient (Wildman–Crippen LogP) is 15.5. The van der Waals surface area contributed by atoms with Gasteiger partial charge >= 0.3 is 0 Å². The molecule has 5 nitrogen and oxygen atoms in total. The minimum atomic E-state index is 0.632. The van der Waals surface area contributed by atoms with Crippen LogP contribution in [0.5, 0.6) is 0 Å². The molecule has 5 aromatic heterocycles. The third-order valence-electron chi connectivity index (χ3n) is 14.0. The van der Waals surface area contributed by atoms with Crippen LogP contribution in [0, 0.1) is 0 Å². The Labute approximate surface area is 371 Å². The number of para-hydroxylation sites is 4. The lowest BCUT2D eigenvalue weighted by molar-refractivity contribution is 1.01. The molecule has 0 radical (unpaired) electrons. The van der Waals surface area contributed by atoms with Crippen LogP contribution in [0.1, 0.15) is 0 Å². The summed E-state index contributed by atoms with van der Waals surface area (Å²) in [6.07, 6.45) is 0. The fourth-order valence-corrected chi connectivity index (χ4v) is 11.2. The van der Waals surface area contributed by atoms with Crippen LogP contribution in [0.4, 0.5) is 0 Å². The molecule has 5 heterocycles. The Balaban J connectivity index is 1.19. The highest BCUT2D eigenvalue weighted by atomic mass is 15.2. The summed E-state index contributed by atoms with van der Waals surface area (Å²) in [5.74, 6) is 0.632. The smallest absolute Gasteiger partial charge is 0.235 e. The third kappa shape index (κ3) is 4.65. The molecule has 65 heavy (non-hydrogen) atoms. The van der Waals surface area contributed by atoms with Crippen molar-refractivity contribution in [3.8, 4) is 34.0 Å². The SMILES string of the molecule is c1ccc(-c2ccc(-c3nc(-n4c5cccc6c5c5c(cc7c8ccccc8n(-c8ccccc8)c7c54)c4cccc5c7ccccc7n6c45)nc4c3ccc3ccccc34)cc2)cc1. The molecule has 0 spiro atoms. The summed E-state index contributed by atoms with van der Waals surface area (Å²) in [4.78, 5) is 11.5. The number of aromatic nitrogens is 5. The minimum Gasteiger partial charge on any atom is -0.308 e. The Morgan fingerprint density at radius 3 is 1.72 bits per heavy atom. The number of benzene rings is 10. The zero-order valence-corrected chi connectivity index (χ0v) is 34.9. The van der Waals surface area contributed by atoms with Gasteiger partial charge in [-0.3, -0.25) is 4.57 Å². The summed E-state index contributed by atoms with van der Waals surface area (Å²) in [6.45, 7) is 0. The van der Waals surface area contributed by atoms with Gasteiger partial charge in [0, 0.05) is 59.7 Å². The molecule has 0 amide bonds. The van der Waals surface area contributed by atoms with Crippen LogP contribution >= 0.6 is 0 Å². The summed E-state index contributed by atoms with van der Waals surface area (Å²) in [6, 6.07) is 77.0. The molecule has 10 aromatic carbocycles. The third-order valence-corrected chi connectivity index (χ3v) is 14.0. The highest BCUT2D eigenvalue weighted by molar-refractivity contribution is 6.37. The number of hydrogen-bond acceptors (Lipinski definition) is 2. The quantitative estimate of drug-likeness (QED) is 0.166. The van der Waals surface area contributed by atoms with Crippen LogP contribution in [0.25, 0.3) is 137 Å². The number of fused-ring (bicyclic) bond motifs is 12. The van der Waals surface area contributed by atoms with Crippen molar-refractivity contribution >= 4 is 103 Å². The van der Waals surface area contributed by atoms with E-state index in [9.17, 15) is 0 Å². The zero-order valence-electron chi connectivity index (χ0n) is 34.9. The van der Waals surface area contributed by atoms with Gasteiger partial charge in [-0.1, -0.05) is 164 Å². The molecule has 0 unspecified atom stereocenters. The lowest BCUT2D eigenvalue weighted by Crippen LogP contribution is -2.05. The van der Waals surface area contributed by atoms with Crippen molar-refractivity contribution in [2.75, 3.05) is 0 Å². The normalized spacial score (nSPS) is 12.3. The molecule has 0 saturated heterocycles. The Morgan fingerprint density at radius 2 is 0.908 bits per heavy atom. The van der Waals surface area contributed by atoms with Gasteiger partial charge in [0.2, 0.25) is 5.95 Å². The Morgan fingerprint density at radius 1 is 0.308 bits per heavy atom. The van der Waals surface area contributed by atoms with Gasteiger partial charge in [0.05, 0.1) is 49.8 Å². The fraction of sp³-hybridized carbons (Fsp3) is 0. The molecule has 15 rings (SSSR count). The van der Waals surface area contributed by atoms with Crippen LogP contribution < -0.4 is 0 Å². The van der Waals surface area contributed by atoms with E-state index < -0.39 is 0 Å². The van der Waals surface area contributed by atoms with E-state index in [0.717, 1.165) is 66.2 Å². The van der Waals surface area contributed by atoms with Crippen LogP contribution in [0.15, 0.2) is 212 Å². The highest BCUT2D eigenvalue weighted by Crippen LogP contribution is 2.49. The summed E-state index contributed by atoms with van der Waals surface area (Å²) in [5.41, 5.74) is 14.3. The standard InChI is InChI=1S/C60H35N5/c1-3-15-36(16-4-1)37-29-31-39(32-30-37)55-46-34-33-38-17-7-8-20-41(38)56(46)62-60(61-55)65-52-28-14-27-51-54(52)53-47(45-24-13-23-44-42-21-9-12-26-50(42)64(51)57(44)45)35-48-43-22-10-11-25-49(43)63(58(48)59(53)65)40-18-5-2-6-19-40/h1-35H. The van der Waals surface area contributed by atoms with Crippen molar-refractivity contribution in [1.29, 1.82) is 0 Å². The van der Waals surface area contributed by atoms with Gasteiger partial charge in [-0.15, -0.1) is 0 Å². The van der Waals surface area contributed by atoms with Gasteiger partial charge in [-0.2, -0.15) is 0 Å². The van der Waals surface area contributed by atoms with Crippen molar-refractivity contribution in [3.05, 3.63) is 212 Å². The monoisotopic (exact) mass is 825 g/mol. The highest BCUT2D eigenvalue weighted by Gasteiger charge is 2.28. The zero-order chi connectivity index (χ0) is 42.3. The van der Waals surface area contributed by atoms with Gasteiger partial charge in [-0.05, 0) is 70.4 Å². The summed E-state index contributed by atoms with van der Waals surface area (Å²) >= 11 is 0. The van der Waals surface area contributed by atoms with Crippen LogP contribution in [0.2, 0.25) is 0 Å². The molecule has 0 saturated carbocycles. The Hall–Kier alpha value is -8.80. The maximum Gasteiger partial charge on any atom is 0.235 e. The van der Waals surface area contributed by atoms with Crippen molar-refractivity contribution in [2.24, 2.45) is 0 Å². The van der Waals surface area contributed by atoms with E-state index in [4.69, 9.17) is 9.97 Å². The number of rotatable bonds is 4. The van der Waals surface area contributed by atoms with Crippen molar-refractivity contribution in [2.45, 2.75) is 0 Å². The van der Waals surface area contributed by atoms with E-state index in [1.807, 2.05) is 0 Å². The predicted molar refractivity (Wildman–Crippen MR) is 271 cm³/mol. The number of nitrogens with zero attached hydrogens (tertiary/aromatic N) is 5. The molecule has 0 atom stereocenters. The van der Waals surface area contributed by atoms with Gasteiger partial charge < -0.3 is 8.97 Å². The van der Waals surface area contributed by atoms with Crippen molar-refractivity contribution < 1.29 is 0 Å². The Kier molecular flexibility index (Phi) is 6.89. The molecule has 0 aliphatic heterocycles. The lowest BCUT2D eigenvalue weighted by Gasteiger charge is -2.15. The van der Waals surface area contributed by atoms with E-state index in [2.05, 4.69) is 226 Å². The first-order chi connectivity index (χ1) is 32.3. The van der Waals surface area contributed by atoms with Crippen LogP contribution in [-0.2, 0) is 0 Å². The number of hydrogen-bond donors (Lipinski definition) is 0. The lowest BCUT2D eigenvalue weighted by atomic mass is 9.99. The van der Waals surface area contributed by atoms with E-state index in [0.29, 0.717) is 5.95 Å². The molecule has 300 valence electrons. The van der Waals surface area contributed by atoms with Gasteiger partial charge in [0.25, 0.3) is 0 Å². The summed E-state index contributed by atoms with van der Waals surface area (Å²) in [7, 11) is 0. The first kappa shape index (κ1) is 34.7. The van der Waals surface area contributed by atoms with Crippen molar-refractivity contribution in [3.63, 3.8) is 0 Å². The second-order valence-corrected chi connectivity index (χ2v) is 17.3. The molecular formula is C60H35N5. The van der Waals surface area contributed by atoms with E-state index >= 15 is 0 Å². The second-order valence-electron chi connectivity index (χ2n) is 17.3. The summed E-state index contributed by atoms with van der Waals surface area (Å²) in [5, 5.41) is 12.9. The largest absolute Gasteiger partial charge is 0.308 e. The first-order valence-electron chi connectivity index (χ1n) is 22.3. The molecule has 15 aromatic rings. The molecule has 0 aliphatic rings. The Bertz CT molecular complexity index is 4440.